The number of hydrogen-bond acceptors (Lipinski definition) is 4. The lowest BCUT2D eigenvalue weighted by molar-refractivity contribution is -0.120. The molecule has 0 unspecified atom stereocenters. The lowest BCUT2D eigenvalue weighted by Crippen LogP contribution is -2.22. The molecular formula is C23H22N2O3. The molecule has 5 heteroatoms. The van der Waals surface area contributed by atoms with Gasteiger partial charge in [-0.2, -0.15) is 5.26 Å². The third-order valence-electron chi connectivity index (χ3n) is 4.30. The van der Waals surface area contributed by atoms with E-state index >= 15 is 0 Å². The molecule has 0 aliphatic rings. The lowest BCUT2D eigenvalue weighted by atomic mass is 10.0. The second kappa shape index (κ2) is 9.43. The summed E-state index contributed by atoms with van der Waals surface area (Å²) in [6, 6.07) is 21.6. The van der Waals surface area contributed by atoms with Gasteiger partial charge >= 0.3 is 0 Å². The monoisotopic (exact) mass is 374 g/mol. The van der Waals surface area contributed by atoms with Gasteiger partial charge in [0.1, 0.15) is 31.1 Å². The number of ether oxygens (including phenoxy) is 2. The molecule has 1 N–H and O–H groups in total. The summed E-state index contributed by atoms with van der Waals surface area (Å²) in [5, 5.41) is 13.5. The summed E-state index contributed by atoms with van der Waals surface area (Å²) >= 11 is 0. The van der Waals surface area contributed by atoms with Crippen LogP contribution in [0, 0.1) is 18.3 Å². The number of nitriles is 1. The summed E-state index contributed by atoms with van der Waals surface area (Å²) in [6.45, 7) is 3.11. The molecule has 0 radical (unpaired) electrons. The average molecular weight is 374 g/mol. The van der Waals surface area contributed by atoms with Crippen LogP contribution >= 0.6 is 0 Å². The van der Waals surface area contributed by atoms with Gasteiger partial charge in [-0.05, 0) is 41.5 Å². The zero-order chi connectivity index (χ0) is 19.8. The summed E-state index contributed by atoms with van der Waals surface area (Å²) in [7, 11) is 0. The van der Waals surface area contributed by atoms with Gasteiger partial charge in [0.05, 0.1) is 6.07 Å². The number of nitrogens with zero attached hydrogens (tertiary/aromatic N) is 1. The highest BCUT2D eigenvalue weighted by Gasteiger charge is 2.11. The molecule has 0 fully saturated rings. The van der Waals surface area contributed by atoms with Crippen LogP contribution < -0.4 is 14.8 Å². The van der Waals surface area contributed by atoms with Crippen molar-refractivity contribution in [3.63, 3.8) is 0 Å². The Morgan fingerprint density at radius 3 is 2.68 bits per heavy atom. The molecule has 142 valence electrons. The van der Waals surface area contributed by atoms with Gasteiger partial charge < -0.3 is 14.8 Å². The van der Waals surface area contributed by atoms with Gasteiger partial charge in [-0.1, -0.05) is 42.5 Å². The summed E-state index contributed by atoms with van der Waals surface area (Å²) in [4.78, 5) is 11.7. The molecule has 0 aromatic heterocycles. The van der Waals surface area contributed by atoms with E-state index in [4.69, 9.17) is 14.7 Å². The molecule has 0 aliphatic heterocycles. The van der Waals surface area contributed by atoms with Crippen LogP contribution in [0.5, 0.6) is 11.5 Å². The van der Waals surface area contributed by atoms with Gasteiger partial charge in [0.25, 0.3) is 0 Å². The number of aryl methyl sites for hydroxylation is 1. The number of amides is 1. The maximum Gasteiger partial charge on any atom is 0.234 e. The molecule has 0 spiro atoms. The van der Waals surface area contributed by atoms with Gasteiger partial charge in [0.2, 0.25) is 5.91 Å². The Morgan fingerprint density at radius 1 is 1.04 bits per heavy atom. The Labute approximate surface area is 164 Å². The highest BCUT2D eigenvalue weighted by Crippen LogP contribution is 2.28. The van der Waals surface area contributed by atoms with Crippen molar-refractivity contribution >= 4 is 16.7 Å². The van der Waals surface area contributed by atoms with Crippen LogP contribution in [0.15, 0.2) is 60.7 Å². The Balaban J connectivity index is 1.69. The van der Waals surface area contributed by atoms with E-state index < -0.39 is 0 Å². The Hall–Kier alpha value is -3.52. The van der Waals surface area contributed by atoms with E-state index in [0.717, 1.165) is 27.6 Å². The van der Waals surface area contributed by atoms with E-state index in [1.165, 1.54) is 0 Å². The fraction of sp³-hybridized carbons (Fsp3) is 0.217. The highest BCUT2D eigenvalue weighted by atomic mass is 16.5. The SMILES string of the molecule is Cc1cccc(OCCOc2ccc3ccccc3c2CNC(=O)CC#N)c1. The topological polar surface area (TPSA) is 71.3 Å². The normalized spacial score (nSPS) is 10.3. The summed E-state index contributed by atoms with van der Waals surface area (Å²) in [5.74, 6) is 1.21. The van der Waals surface area contributed by atoms with Crippen molar-refractivity contribution in [3.8, 4) is 17.6 Å². The summed E-state index contributed by atoms with van der Waals surface area (Å²) in [6.07, 6.45) is -0.161. The number of benzene rings is 3. The van der Waals surface area contributed by atoms with Gasteiger partial charge in [-0.25, -0.2) is 0 Å². The number of nitrogens with one attached hydrogen (secondary N) is 1. The predicted molar refractivity (Wildman–Crippen MR) is 108 cm³/mol. The largest absolute Gasteiger partial charge is 0.490 e. The molecule has 28 heavy (non-hydrogen) atoms. The summed E-state index contributed by atoms with van der Waals surface area (Å²) < 4.78 is 11.7. The molecule has 0 saturated carbocycles. The van der Waals surface area contributed by atoms with E-state index in [-0.39, 0.29) is 12.3 Å². The molecule has 0 saturated heterocycles. The van der Waals surface area contributed by atoms with Crippen molar-refractivity contribution in [1.82, 2.24) is 5.32 Å². The van der Waals surface area contributed by atoms with Gasteiger partial charge in [-0.3, -0.25) is 4.79 Å². The van der Waals surface area contributed by atoms with Crippen LogP contribution in [0.25, 0.3) is 10.8 Å². The summed E-state index contributed by atoms with van der Waals surface area (Å²) in [5.41, 5.74) is 2.03. The lowest BCUT2D eigenvalue weighted by Gasteiger charge is -2.15. The standard InChI is InChI=1S/C23H22N2O3/c1-17-5-4-7-19(15-17)27-13-14-28-22-10-9-18-6-2-3-8-20(18)21(22)16-25-23(26)11-12-24/h2-10,15H,11,13-14,16H2,1H3,(H,25,26). The van der Waals surface area contributed by atoms with Crippen LogP contribution in [0.3, 0.4) is 0 Å². The van der Waals surface area contributed by atoms with Crippen LogP contribution in [0.4, 0.5) is 0 Å². The minimum absolute atomic E-state index is 0.161. The first-order valence-electron chi connectivity index (χ1n) is 9.14. The number of fused-ring (bicyclic) bond motifs is 1. The number of hydrogen-bond donors (Lipinski definition) is 1. The quantitative estimate of drug-likeness (QED) is 0.602. The fourth-order valence-electron chi connectivity index (χ4n) is 2.97. The number of rotatable bonds is 8. The highest BCUT2D eigenvalue weighted by molar-refractivity contribution is 5.88. The second-order valence-corrected chi connectivity index (χ2v) is 6.39. The first-order chi connectivity index (χ1) is 13.7. The zero-order valence-corrected chi connectivity index (χ0v) is 15.8. The van der Waals surface area contributed by atoms with Gasteiger partial charge in [-0.15, -0.1) is 0 Å². The van der Waals surface area contributed by atoms with Crippen molar-refractivity contribution in [1.29, 1.82) is 5.26 Å². The third kappa shape index (κ3) is 5.01. The number of carbonyl (C=O) groups excluding carboxylic acids is 1. The Kier molecular flexibility index (Phi) is 6.48. The predicted octanol–water partition coefficient (Wildman–Crippen LogP) is 4.14. The first kappa shape index (κ1) is 19.2. The van der Waals surface area contributed by atoms with Gasteiger partial charge in [0.15, 0.2) is 0 Å². The molecule has 1 amide bonds. The fourth-order valence-corrected chi connectivity index (χ4v) is 2.97. The first-order valence-corrected chi connectivity index (χ1v) is 9.14. The van der Waals surface area contributed by atoms with Crippen LogP contribution in [0.2, 0.25) is 0 Å². The molecule has 3 aromatic carbocycles. The minimum atomic E-state index is -0.302. The maximum absolute atomic E-state index is 11.7. The van der Waals surface area contributed by atoms with Crippen LogP contribution in [-0.4, -0.2) is 19.1 Å². The van der Waals surface area contributed by atoms with E-state index in [1.807, 2.05) is 73.7 Å². The smallest absolute Gasteiger partial charge is 0.234 e. The average Bonchev–Trinajstić information content (AvgIpc) is 2.70. The third-order valence-corrected chi connectivity index (χ3v) is 4.30. The van der Waals surface area contributed by atoms with E-state index in [0.29, 0.717) is 25.5 Å². The van der Waals surface area contributed by atoms with E-state index in [2.05, 4.69) is 5.32 Å². The zero-order valence-electron chi connectivity index (χ0n) is 15.8. The van der Waals surface area contributed by atoms with Crippen LogP contribution in [-0.2, 0) is 11.3 Å². The minimum Gasteiger partial charge on any atom is -0.490 e. The van der Waals surface area contributed by atoms with Crippen molar-refractivity contribution in [2.24, 2.45) is 0 Å². The molecular weight excluding hydrogens is 352 g/mol. The van der Waals surface area contributed by atoms with E-state index in [9.17, 15) is 4.79 Å². The number of carbonyl (C=O) groups is 1. The molecule has 0 heterocycles. The Morgan fingerprint density at radius 2 is 1.86 bits per heavy atom. The molecule has 0 atom stereocenters. The van der Waals surface area contributed by atoms with Crippen molar-refractivity contribution in [2.75, 3.05) is 13.2 Å². The van der Waals surface area contributed by atoms with Gasteiger partial charge in [0, 0.05) is 12.1 Å². The Bertz CT molecular complexity index is 1010. The molecule has 3 rings (SSSR count). The molecule has 3 aromatic rings. The van der Waals surface area contributed by atoms with Crippen molar-refractivity contribution < 1.29 is 14.3 Å². The van der Waals surface area contributed by atoms with Crippen molar-refractivity contribution in [2.45, 2.75) is 19.9 Å². The molecule has 5 nitrogen and oxygen atoms in total. The molecule has 0 aliphatic carbocycles. The van der Waals surface area contributed by atoms with E-state index in [1.54, 1.807) is 0 Å². The van der Waals surface area contributed by atoms with Crippen molar-refractivity contribution in [3.05, 3.63) is 71.8 Å². The second-order valence-electron chi connectivity index (χ2n) is 6.39. The maximum atomic E-state index is 11.7. The molecule has 0 bridgehead atoms. The van der Waals surface area contributed by atoms with Crippen LogP contribution in [0.1, 0.15) is 17.5 Å².